The Morgan fingerprint density at radius 2 is 1.68 bits per heavy atom. The summed E-state index contributed by atoms with van der Waals surface area (Å²) in [6, 6.07) is 17.0. The number of ketones is 1. The number of aryl methyl sites for hydroxylation is 1. The summed E-state index contributed by atoms with van der Waals surface area (Å²) < 4.78 is 0. The molecule has 0 aromatic heterocycles. The van der Waals surface area contributed by atoms with Crippen LogP contribution in [0.3, 0.4) is 0 Å². The summed E-state index contributed by atoms with van der Waals surface area (Å²) in [5.74, 6) is -2.24. The van der Waals surface area contributed by atoms with Crippen LogP contribution >= 0.6 is 23.2 Å². The van der Waals surface area contributed by atoms with Crippen LogP contribution in [0.5, 0.6) is 5.75 Å². The molecule has 7 heteroatoms. The van der Waals surface area contributed by atoms with Crippen molar-refractivity contribution in [1.29, 1.82) is 0 Å². The van der Waals surface area contributed by atoms with Gasteiger partial charge in [-0.15, -0.1) is 0 Å². The minimum absolute atomic E-state index is 0.0998. The Kier molecular flexibility index (Phi) is 5.48. The van der Waals surface area contributed by atoms with E-state index < -0.39 is 17.7 Å². The smallest absolute Gasteiger partial charge is 0.300 e. The molecule has 5 nitrogen and oxygen atoms in total. The lowest BCUT2D eigenvalue weighted by Gasteiger charge is -2.26. The highest BCUT2D eigenvalue weighted by Crippen LogP contribution is 2.45. The highest BCUT2D eigenvalue weighted by molar-refractivity contribution is 6.52. The largest absolute Gasteiger partial charge is 0.507 e. The lowest BCUT2D eigenvalue weighted by molar-refractivity contribution is -0.132. The number of aromatic hydroxyl groups is 1. The Bertz CT molecular complexity index is 1250. The van der Waals surface area contributed by atoms with Gasteiger partial charge in [0.25, 0.3) is 11.7 Å². The van der Waals surface area contributed by atoms with E-state index in [4.69, 9.17) is 23.2 Å². The maximum Gasteiger partial charge on any atom is 0.300 e. The number of para-hydroxylation sites is 2. The van der Waals surface area contributed by atoms with Crippen molar-refractivity contribution >= 4 is 46.3 Å². The van der Waals surface area contributed by atoms with E-state index >= 15 is 0 Å². The number of amides is 1. The lowest BCUT2D eigenvalue weighted by atomic mass is 9.94. The standard InChI is InChI=1S/C24H17Cl2NO4/c1-13-5-4-6-14(11-13)21-20(22(29)15-9-10-16(25)17(26)12-15)23(30)24(31)27(21)18-7-2-3-8-19(18)28/h2-12,21,28-29H,1H3/b22-20-. The number of hydrogen-bond acceptors (Lipinski definition) is 4. The maximum atomic E-state index is 13.1. The number of carbonyl (C=O) groups is 2. The second-order valence-corrected chi connectivity index (χ2v) is 8.02. The quantitative estimate of drug-likeness (QED) is 0.305. The molecule has 0 spiro atoms. The zero-order valence-corrected chi connectivity index (χ0v) is 17.9. The summed E-state index contributed by atoms with van der Waals surface area (Å²) in [6.07, 6.45) is 0. The molecule has 1 heterocycles. The molecular weight excluding hydrogens is 437 g/mol. The molecule has 1 fully saturated rings. The van der Waals surface area contributed by atoms with Gasteiger partial charge in [0.2, 0.25) is 0 Å². The van der Waals surface area contributed by atoms with Gasteiger partial charge in [0, 0.05) is 5.56 Å². The second-order valence-electron chi connectivity index (χ2n) is 7.20. The Hall–Kier alpha value is -3.28. The van der Waals surface area contributed by atoms with Gasteiger partial charge >= 0.3 is 0 Å². The minimum atomic E-state index is -0.942. The molecule has 0 radical (unpaired) electrons. The van der Waals surface area contributed by atoms with Crippen molar-refractivity contribution in [3.8, 4) is 5.75 Å². The number of Topliss-reactive ketones (excluding diaryl/α,β-unsaturated/α-hetero) is 1. The summed E-state index contributed by atoms with van der Waals surface area (Å²) in [4.78, 5) is 27.4. The topological polar surface area (TPSA) is 77.8 Å². The number of aliphatic hydroxyl groups excluding tert-OH is 1. The molecule has 1 saturated heterocycles. The van der Waals surface area contributed by atoms with Gasteiger partial charge in [-0.2, -0.15) is 0 Å². The van der Waals surface area contributed by atoms with Gasteiger partial charge in [0.15, 0.2) is 0 Å². The van der Waals surface area contributed by atoms with Gasteiger partial charge in [-0.05, 0) is 42.8 Å². The molecule has 4 rings (SSSR count). The van der Waals surface area contributed by atoms with Crippen LogP contribution in [0.15, 0.2) is 72.3 Å². The third-order valence-corrected chi connectivity index (χ3v) is 5.88. The molecule has 0 bridgehead atoms. The fourth-order valence-electron chi connectivity index (χ4n) is 3.70. The van der Waals surface area contributed by atoms with Crippen molar-refractivity contribution in [1.82, 2.24) is 0 Å². The predicted molar refractivity (Wildman–Crippen MR) is 121 cm³/mol. The molecule has 1 aliphatic rings. The van der Waals surface area contributed by atoms with Gasteiger partial charge in [-0.3, -0.25) is 14.5 Å². The summed E-state index contributed by atoms with van der Waals surface area (Å²) in [5, 5.41) is 22.0. The molecule has 1 aliphatic heterocycles. The van der Waals surface area contributed by atoms with Crippen LogP contribution in [0, 0.1) is 6.92 Å². The fourth-order valence-corrected chi connectivity index (χ4v) is 4.00. The van der Waals surface area contributed by atoms with Gasteiger partial charge in [0.05, 0.1) is 27.3 Å². The van der Waals surface area contributed by atoms with Gasteiger partial charge < -0.3 is 10.2 Å². The molecule has 3 aromatic rings. The van der Waals surface area contributed by atoms with Crippen molar-refractivity contribution < 1.29 is 19.8 Å². The number of anilines is 1. The van der Waals surface area contributed by atoms with E-state index in [1.807, 2.05) is 19.1 Å². The van der Waals surface area contributed by atoms with Crippen molar-refractivity contribution in [3.05, 3.63) is 99.0 Å². The normalized spacial score (nSPS) is 17.9. The van der Waals surface area contributed by atoms with Crippen molar-refractivity contribution in [2.75, 3.05) is 4.90 Å². The minimum Gasteiger partial charge on any atom is -0.507 e. The van der Waals surface area contributed by atoms with E-state index in [0.29, 0.717) is 10.6 Å². The number of phenols is 1. The highest BCUT2D eigenvalue weighted by atomic mass is 35.5. The molecule has 1 unspecified atom stereocenters. The van der Waals surface area contributed by atoms with E-state index in [1.165, 1.54) is 29.2 Å². The number of hydrogen-bond donors (Lipinski definition) is 2. The average Bonchev–Trinajstić information content (AvgIpc) is 3.01. The monoisotopic (exact) mass is 453 g/mol. The van der Waals surface area contributed by atoms with E-state index in [1.54, 1.807) is 30.3 Å². The number of rotatable bonds is 3. The summed E-state index contributed by atoms with van der Waals surface area (Å²) in [7, 11) is 0. The predicted octanol–water partition coefficient (Wildman–Crippen LogP) is 5.63. The summed E-state index contributed by atoms with van der Waals surface area (Å²) in [6.45, 7) is 1.88. The molecule has 156 valence electrons. The third kappa shape index (κ3) is 3.67. The fraction of sp³-hybridized carbons (Fsp3) is 0.0833. The molecule has 1 atom stereocenters. The Morgan fingerprint density at radius 3 is 2.35 bits per heavy atom. The Balaban J connectivity index is 1.99. The summed E-state index contributed by atoms with van der Waals surface area (Å²) >= 11 is 12.1. The van der Waals surface area contributed by atoms with Crippen LogP contribution in [0.2, 0.25) is 10.0 Å². The third-order valence-electron chi connectivity index (χ3n) is 5.14. The number of nitrogens with zero attached hydrogens (tertiary/aromatic N) is 1. The first-order chi connectivity index (χ1) is 14.8. The molecular formula is C24H17Cl2NO4. The van der Waals surface area contributed by atoms with E-state index in [2.05, 4.69) is 0 Å². The molecule has 3 aromatic carbocycles. The number of halogens is 2. The van der Waals surface area contributed by atoms with Crippen LogP contribution < -0.4 is 4.90 Å². The van der Waals surface area contributed by atoms with Gasteiger partial charge in [0.1, 0.15) is 11.5 Å². The van der Waals surface area contributed by atoms with Crippen LogP contribution in [0.4, 0.5) is 5.69 Å². The Morgan fingerprint density at radius 1 is 0.935 bits per heavy atom. The zero-order valence-electron chi connectivity index (χ0n) is 16.3. The zero-order chi connectivity index (χ0) is 22.3. The van der Waals surface area contributed by atoms with Crippen molar-refractivity contribution in [2.45, 2.75) is 13.0 Å². The van der Waals surface area contributed by atoms with Crippen molar-refractivity contribution in [3.63, 3.8) is 0 Å². The lowest BCUT2D eigenvalue weighted by Crippen LogP contribution is -2.29. The maximum absolute atomic E-state index is 13.1. The van der Waals surface area contributed by atoms with Crippen LogP contribution in [0.1, 0.15) is 22.7 Å². The second kappa shape index (κ2) is 8.10. The number of aliphatic hydroxyl groups is 1. The first kappa shape index (κ1) is 21.0. The molecule has 0 saturated carbocycles. The van der Waals surface area contributed by atoms with Gasteiger partial charge in [-0.25, -0.2) is 0 Å². The number of carbonyl (C=O) groups excluding carboxylic acids is 2. The number of benzene rings is 3. The van der Waals surface area contributed by atoms with Gasteiger partial charge in [-0.1, -0.05) is 65.2 Å². The van der Waals surface area contributed by atoms with E-state index in [9.17, 15) is 19.8 Å². The molecule has 31 heavy (non-hydrogen) atoms. The number of phenolic OH excluding ortho intramolecular Hbond substituents is 1. The average molecular weight is 454 g/mol. The van der Waals surface area contributed by atoms with Crippen LogP contribution in [0.25, 0.3) is 5.76 Å². The highest BCUT2D eigenvalue weighted by Gasteiger charge is 2.47. The summed E-state index contributed by atoms with van der Waals surface area (Å²) in [5.41, 5.74) is 1.85. The van der Waals surface area contributed by atoms with E-state index in [-0.39, 0.29) is 33.4 Å². The first-order valence-corrected chi connectivity index (χ1v) is 10.2. The van der Waals surface area contributed by atoms with E-state index in [0.717, 1.165) is 5.56 Å². The SMILES string of the molecule is Cc1cccc(C2/C(=C(/O)c3ccc(Cl)c(Cl)c3)C(=O)C(=O)N2c2ccccc2O)c1. The Labute approximate surface area is 188 Å². The molecule has 2 N–H and O–H groups in total. The van der Waals surface area contributed by atoms with Crippen LogP contribution in [-0.2, 0) is 9.59 Å². The van der Waals surface area contributed by atoms with Crippen LogP contribution in [-0.4, -0.2) is 21.9 Å². The van der Waals surface area contributed by atoms with Crippen molar-refractivity contribution in [2.24, 2.45) is 0 Å². The molecule has 0 aliphatic carbocycles. The first-order valence-electron chi connectivity index (χ1n) is 9.40. The molecule has 1 amide bonds.